The van der Waals surface area contributed by atoms with Crippen molar-refractivity contribution in [1.29, 1.82) is 0 Å². The normalized spacial score (nSPS) is 13.1. The van der Waals surface area contributed by atoms with Gasteiger partial charge < -0.3 is 8.54 Å². The summed E-state index contributed by atoms with van der Waals surface area (Å²) in [6, 6.07) is 19.7. The van der Waals surface area contributed by atoms with Gasteiger partial charge >= 0.3 is 0 Å². The van der Waals surface area contributed by atoms with E-state index in [1.165, 1.54) is 15.6 Å². The summed E-state index contributed by atoms with van der Waals surface area (Å²) in [6.07, 6.45) is 0. The zero-order chi connectivity index (χ0) is 18.0. The lowest BCUT2D eigenvalue weighted by Crippen LogP contribution is -2.58. The summed E-state index contributed by atoms with van der Waals surface area (Å²) in [6.45, 7) is 13.7. The van der Waals surface area contributed by atoms with Crippen molar-refractivity contribution in [1.82, 2.24) is 0 Å². The SMILES string of the molecule is CO[Si](C)(C)c1ccc([Si](C)(C)O[Si](C)(C)c2ccccc2)cc1. The molecule has 0 aliphatic rings. The highest BCUT2D eigenvalue weighted by Crippen LogP contribution is 2.15. The van der Waals surface area contributed by atoms with Crippen LogP contribution >= 0.6 is 0 Å². The Morgan fingerprint density at radius 3 is 1.33 bits per heavy atom. The molecule has 0 bridgehead atoms. The van der Waals surface area contributed by atoms with Crippen molar-refractivity contribution >= 4 is 40.5 Å². The Kier molecular flexibility index (Phi) is 5.72. The third-order valence-corrected chi connectivity index (χ3v) is 15.0. The van der Waals surface area contributed by atoms with Crippen molar-refractivity contribution in [3.05, 3.63) is 54.6 Å². The van der Waals surface area contributed by atoms with Gasteiger partial charge in [-0.05, 0) is 54.8 Å². The second kappa shape index (κ2) is 7.09. The minimum atomic E-state index is -1.95. The molecule has 0 aliphatic heterocycles. The highest BCUT2D eigenvalue weighted by Gasteiger charge is 2.36. The molecule has 5 heteroatoms. The van der Waals surface area contributed by atoms with E-state index in [0.717, 1.165) is 0 Å². The van der Waals surface area contributed by atoms with E-state index in [1.807, 2.05) is 7.11 Å². The van der Waals surface area contributed by atoms with Gasteiger partial charge in [0.1, 0.15) is 0 Å². The molecular weight excluding hydrogens is 344 g/mol. The third kappa shape index (κ3) is 4.34. The van der Waals surface area contributed by atoms with Gasteiger partial charge in [-0.1, -0.05) is 54.6 Å². The van der Waals surface area contributed by atoms with E-state index in [4.69, 9.17) is 8.54 Å². The van der Waals surface area contributed by atoms with Crippen LogP contribution in [0.5, 0.6) is 0 Å². The molecule has 0 radical (unpaired) electrons. The number of hydrogen-bond acceptors (Lipinski definition) is 2. The van der Waals surface area contributed by atoms with E-state index in [-0.39, 0.29) is 0 Å². The Bertz CT molecular complexity index is 665. The fourth-order valence-corrected chi connectivity index (χ4v) is 12.2. The van der Waals surface area contributed by atoms with Crippen LogP contribution in [0.3, 0.4) is 0 Å². The molecular formula is C19H30O2Si3. The first-order chi connectivity index (χ1) is 11.1. The van der Waals surface area contributed by atoms with Crippen LogP contribution in [0.25, 0.3) is 0 Å². The molecule has 0 saturated heterocycles. The lowest BCUT2D eigenvalue weighted by molar-refractivity contribution is 0.416. The average Bonchev–Trinajstić information content (AvgIpc) is 2.55. The van der Waals surface area contributed by atoms with Gasteiger partial charge in [-0.2, -0.15) is 0 Å². The molecule has 0 N–H and O–H groups in total. The van der Waals surface area contributed by atoms with E-state index < -0.39 is 25.0 Å². The molecule has 0 atom stereocenters. The van der Waals surface area contributed by atoms with E-state index >= 15 is 0 Å². The minimum absolute atomic E-state index is 1.33. The topological polar surface area (TPSA) is 18.5 Å². The lowest BCUT2D eigenvalue weighted by Gasteiger charge is -2.35. The monoisotopic (exact) mass is 374 g/mol. The van der Waals surface area contributed by atoms with Crippen molar-refractivity contribution in [3.63, 3.8) is 0 Å². The second-order valence-electron chi connectivity index (χ2n) is 7.78. The van der Waals surface area contributed by atoms with Crippen molar-refractivity contribution in [2.45, 2.75) is 39.3 Å². The predicted octanol–water partition coefficient (Wildman–Crippen LogP) is 3.29. The molecule has 0 heterocycles. The number of rotatable bonds is 6. The molecule has 0 saturated carbocycles. The van der Waals surface area contributed by atoms with Gasteiger partial charge in [-0.25, -0.2) is 0 Å². The number of benzene rings is 2. The molecule has 0 fully saturated rings. The maximum atomic E-state index is 6.81. The first kappa shape index (κ1) is 19.3. The maximum absolute atomic E-state index is 6.81. The summed E-state index contributed by atoms with van der Waals surface area (Å²) in [5.41, 5.74) is 0. The van der Waals surface area contributed by atoms with E-state index in [2.05, 4.69) is 93.9 Å². The Morgan fingerprint density at radius 1 is 0.542 bits per heavy atom. The summed E-state index contributed by atoms with van der Waals surface area (Å²) in [4.78, 5) is 0. The average molecular weight is 375 g/mol. The third-order valence-electron chi connectivity index (χ3n) is 4.76. The first-order valence-corrected chi connectivity index (χ1v) is 17.2. The van der Waals surface area contributed by atoms with E-state index in [1.54, 1.807) is 0 Å². The van der Waals surface area contributed by atoms with E-state index in [9.17, 15) is 0 Å². The Labute approximate surface area is 150 Å². The Balaban J connectivity index is 2.24. The molecule has 0 unspecified atom stereocenters. The highest BCUT2D eigenvalue weighted by molar-refractivity contribution is 6.97. The molecule has 0 spiro atoms. The van der Waals surface area contributed by atoms with Gasteiger partial charge in [-0.3, -0.25) is 0 Å². The fourth-order valence-electron chi connectivity index (χ4n) is 2.99. The molecule has 2 aromatic rings. The molecule has 0 amide bonds. The summed E-state index contributed by atoms with van der Waals surface area (Å²) < 4.78 is 12.5. The van der Waals surface area contributed by atoms with Gasteiger partial charge in [0.2, 0.25) is 25.0 Å². The van der Waals surface area contributed by atoms with Gasteiger partial charge in [0, 0.05) is 7.11 Å². The van der Waals surface area contributed by atoms with Gasteiger partial charge in [0.15, 0.2) is 0 Å². The van der Waals surface area contributed by atoms with Crippen LogP contribution in [0.2, 0.25) is 39.3 Å². The van der Waals surface area contributed by atoms with Crippen LogP contribution in [0, 0.1) is 0 Å². The molecule has 24 heavy (non-hydrogen) atoms. The Hall–Kier alpha value is -0.989. The lowest BCUT2D eigenvalue weighted by atomic mass is 10.4. The van der Waals surface area contributed by atoms with Crippen LogP contribution in [0.4, 0.5) is 0 Å². The van der Waals surface area contributed by atoms with Crippen molar-refractivity contribution in [2.24, 2.45) is 0 Å². The maximum Gasteiger partial charge on any atom is 0.217 e. The molecule has 2 rings (SSSR count). The highest BCUT2D eigenvalue weighted by atomic mass is 28.4. The molecule has 130 valence electrons. The molecule has 2 aromatic carbocycles. The van der Waals surface area contributed by atoms with Crippen LogP contribution in [-0.4, -0.2) is 32.1 Å². The van der Waals surface area contributed by atoms with Gasteiger partial charge in [0.05, 0.1) is 0 Å². The predicted molar refractivity (Wildman–Crippen MR) is 112 cm³/mol. The summed E-state index contributed by atoms with van der Waals surface area (Å²) in [5.74, 6) is 0. The van der Waals surface area contributed by atoms with Crippen LogP contribution in [0.15, 0.2) is 54.6 Å². The molecule has 0 aliphatic carbocycles. The second-order valence-corrected chi connectivity index (χ2v) is 19.8. The molecule has 0 aromatic heterocycles. The molecule has 2 nitrogen and oxygen atoms in total. The summed E-state index contributed by atoms with van der Waals surface area (Å²) >= 11 is 0. The van der Waals surface area contributed by atoms with Crippen LogP contribution < -0.4 is 15.6 Å². The zero-order valence-corrected chi connectivity index (χ0v) is 19.0. The number of hydrogen-bond donors (Lipinski definition) is 0. The largest absolute Gasteiger partial charge is 0.449 e. The minimum Gasteiger partial charge on any atom is -0.449 e. The summed E-state index contributed by atoms with van der Waals surface area (Å²) in [7, 11) is -3.80. The summed E-state index contributed by atoms with van der Waals surface area (Å²) in [5, 5.41) is 4.04. The quantitative estimate of drug-likeness (QED) is 0.722. The van der Waals surface area contributed by atoms with E-state index in [0.29, 0.717) is 0 Å². The van der Waals surface area contributed by atoms with Gasteiger partial charge in [-0.15, -0.1) is 0 Å². The van der Waals surface area contributed by atoms with Crippen LogP contribution in [-0.2, 0) is 8.54 Å². The smallest absolute Gasteiger partial charge is 0.217 e. The van der Waals surface area contributed by atoms with Crippen LogP contribution in [0.1, 0.15) is 0 Å². The van der Waals surface area contributed by atoms with Gasteiger partial charge in [0.25, 0.3) is 0 Å². The zero-order valence-electron chi connectivity index (χ0n) is 16.0. The Morgan fingerprint density at radius 2 is 0.917 bits per heavy atom. The van der Waals surface area contributed by atoms with Crippen molar-refractivity contribution in [2.75, 3.05) is 7.11 Å². The van der Waals surface area contributed by atoms with Crippen molar-refractivity contribution in [3.8, 4) is 0 Å². The van der Waals surface area contributed by atoms with Crippen molar-refractivity contribution < 1.29 is 8.54 Å². The standard InChI is InChI=1S/C19H30O2Si3/c1-20-22(2,3)18-13-15-19(16-14-18)24(6,7)21-23(4,5)17-11-9-8-10-12-17/h8-16H,1-7H3. The fraction of sp³-hybridized carbons (Fsp3) is 0.368. The first-order valence-electron chi connectivity index (χ1n) is 8.50.